The summed E-state index contributed by atoms with van der Waals surface area (Å²) in [5, 5.41) is 2.14. The van der Waals surface area contributed by atoms with Gasteiger partial charge in [-0.1, -0.05) is 26.2 Å². The van der Waals surface area contributed by atoms with Crippen LogP contribution >= 0.6 is 11.3 Å². The van der Waals surface area contributed by atoms with E-state index in [4.69, 9.17) is 4.98 Å². The molecule has 5 nitrogen and oxygen atoms in total. The highest BCUT2D eigenvalue weighted by Crippen LogP contribution is 2.36. The number of aromatic nitrogens is 3. The Kier molecular flexibility index (Phi) is 5.25. The van der Waals surface area contributed by atoms with Crippen molar-refractivity contribution in [3.05, 3.63) is 23.5 Å². The van der Waals surface area contributed by atoms with Crippen molar-refractivity contribution >= 4 is 32.6 Å². The molecule has 3 aromatic heterocycles. The zero-order valence-corrected chi connectivity index (χ0v) is 14.7. The molecule has 0 radical (unpaired) electrons. The van der Waals surface area contributed by atoms with Gasteiger partial charge in [-0.15, -0.1) is 11.3 Å². The van der Waals surface area contributed by atoms with Crippen molar-refractivity contribution in [3.63, 3.8) is 0 Å². The highest BCUT2D eigenvalue weighted by Gasteiger charge is 2.22. The van der Waals surface area contributed by atoms with Crippen LogP contribution in [0, 0.1) is 0 Å². The maximum atomic E-state index is 4.84. The number of hydrogen-bond acceptors (Lipinski definition) is 5. The number of rotatable bonds is 2. The number of aryl methyl sites for hydroxylation is 1. The molecule has 1 fully saturated rings. The molecule has 23 heavy (non-hydrogen) atoms. The van der Waals surface area contributed by atoms with Gasteiger partial charge in [0, 0.05) is 12.5 Å². The Hall–Kier alpha value is -1.50. The highest BCUT2D eigenvalue weighted by atomic mass is 32.1. The van der Waals surface area contributed by atoms with E-state index in [2.05, 4.69) is 39.2 Å². The third-order valence-electron chi connectivity index (χ3n) is 4.45. The molecule has 3 heterocycles. The van der Waals surface area contributed by atoms with Crippen molar-refractivity contribution in [2.45, 2.75) is 51.5 Å². The predicted molar refractivity (Wildman–Crippen MR) is 97.7 cm³/mol. The maximum Gasteiger partial charge on any atom is 0.109 e. The first-order chi connectivity index (χ1) is 11.3. The van der Waals surface area contributed by atoms with Crippen molar-refractivity contribution < 1.29 is 0 Å². The van der Waals surface area contributed by atoms with Gasteiger partial charge in [-0.3, -0.25) is 16.3 Å². The van der Waals surface area contributed by atoms with Gasteiger partial charge in [0.2, 0.25) is 0 Å². The SMILES string of the molecule is CCc1nc2cnc3ccsc3c2n1C1CCCCC1.CNN. The standard InChI is InChI=1S/C16H19N3S.CH6N2/c1-2-14-18-13-10-17-12-8-9-20-16(12)15(13)19(14)11-6-4-3-5-7-11;1-3-2/h8-11H,2-7H2,1H3;3H,2H2,1H3. The number of imidazole rings is 1. The third kappa shape index (κ3) is 3.11. The summed E-state index contributed by atoms with van der Waals surface area (Å²) in [6.45, 7) is 2.21. The van der Waals surface area contributed by atoms with E-state index in [0.29, 0.717) is 6.04 Å². The number of pyridine rings is 1. The van der Waals surface area contributed by atoms with Crippen molar-refractivity contribution in [1.29, 1.82) is 0 Å². The lowest BCUT2D eigenvalue weighted by molar-refractivity contribution is 0.353. The van der Waals surface area contributed by atoms with Crippen molar-refractivity contribution in [3.8, 4) is 0 Å². The summed E-state index contributed by atoms with van der Waals surface area (Å²) in [4.78, 5) is 9.38. The molecule has 0 bridgehead atoms. The molecule has 0 spiro atoms. The van der Waals surface area contributed by atoms with Crippen LogP contribution in [0.5, 0.6) is 0 Å². The number of hydrogen-bond donors (Lipinski definition) is 2. The summed E-state index contributed by atoms with van der Waals surface area (Å²) in [6.07, 6.45) is 9.64. The summed E-state index contributed by atoms with van der Waals surface area (Å²) < 4.78 is 3.84. The Balaban J connectivity index is 0.000000485. The zero-order chi connectivity index (χ0) is 16.2. The van der Waals surface area contributed by atoms with E-state index in [0.717, 1.165) is 17.5 Å². The monoisotopic (exact) mass is 331 g/mol. The van der Waals surface area contributed by atoms with Gasteiger partial charge >= 0.3 is 0 Å². The number of nitrogens with one attached hydrogen (secondary N) is 1. The lowest BCUT2D eigenvalue weighted by Gasteiger charge is -2.25. The largest absolute Gasteiger partial charge is 0.324 e. The van der Waals surface area contributed by atoms with Crippen LogP contribution in [0.2, 0.25) is 0 Å². The minimum atomic E-state index is 0.636. The molecule has 0 amide bonds. The van der Waals surface area contributed by atoms with E-state index < -0.39 is 0 Å². The number of nitrogens with zero attached hydrogens (tertiary/aromatic N) is 3. The molecule has 0 aromatic carbocycles. The van der Waals surface area contributed by atoms with Crippen LogP contribution in [0.1, 0.15) is 50.9 Å². The number of nitrogens with two attached hydrogens (primary N) is 1. The fraction of sp³-hybridized carbons (Fsp3) is 0.529. The molecular formula is C17H25N5S. The molecule has 1 aliphatic carbocycles. The van der Waals surface area contributed by atoms with Gasteiger partial charge in [0.25, 0.3) is 0 Å². The molecule has 3 N–H and O–H groups in total. The van der Waals surface area contributed by atoms with Gasteiger partial charge < -0.3 is 4.57 Å². The summed E-state index contributed by atoms with van der Waals surface area (Å²) in [6, 6.07) is 2.75. The minimum Gasteiger partial charge on any atom is -0.324 e. The molecule has 6 heteroatoms. The first-order valence-corrected chi connectivity index (χ1v) is 9.28. The summed E-state index contributed by atoms with van der Waals surface area (Å²) in [5.41, 5.74) is 5.76. The van der Waals surface area contributed by atoms with E-state index in [1.54, 1.807) is 18.4 Å². The topological polar surface area (TPSA) is 68.8 Å². The molecule has 1 saturated carbocycles. The molecule has 1 aliphatic rings. The van der Waals surface area contributed by atoms with Crippen LogP contribution in [0.15, 0.2) is 17.6 Å². The second-order valence-corrected chi connectivity index (χ2v) is 6.88. The Labute approximate surface area is 140 Å². The zero-order valence-electron chi connectivity index (χ0n) is 13.9. The highest BCUT2D eigenvalue weighted by molar-refractivity contribution is 7.18. The molecule has 3 aromatic rings. The Morgan fingerprint density at radius 2 is 2.04 bits per heavy atom. The molecule has 0 atom stereocenters. The van der Waals surface area contributed by atoms with Crippen molar-refractivity contribution in [2.75, 3.05) is 7.05 Å². The van der Waals surface area contributed by atoms with Crippen LogP contribution in [0.25, 0.3) is 21.3 Å². The third-order valence-corrected chi connectivity index (χ3v) is 5.36. The maximum absolute atomic E-state index is 4.84. The average molecular weight is 331 g/mol. The van der Waals surface area contributed by atoms with E-state index in [9.17, 15) is 0 Å². The quantitative estimate of drug-likeness (QED) is 0.554. The van der Waals surface area contributed by atoms with Crippen LogP contribution in [0.4, 0.5) is 0 Å². The fourth-order valence-electron chi connectivity index (χ4n) is 3.51. The first-order valence-electron chi connectivity index (χ1n) is 8.40. The van der Waals surface area contributed by atoms with Crippen LogP contribution in [-0.4, -0.2) is 21.6 Å². The Bertz CT molecular complexity index is 770. The molecule has 124 valence electrons. The predicted octanol–water partition coefficient (Wildman–Crippen LogP) is 3.79. The summed E-state index contributed by atoms with van der Waals surface area (Å²) in [7, 11) is 1.65. The second-order valence-electron chi connectivity index (χ2n) is 5.96. The summed E-state index contributed by atoms with van der Waals surface area (Å²) in [5.74, 6) is 5.83. The molecule has 0 aliphatic heterocycles. The van der Waals surface area contributed by atoms with Crippen molar-refractivity contribution in [1.82, 2.24) is 20.0 Å². The smallest absolute Gasteiger partial charge is 0.109 e. The van der Waals surface area contributed by atoms with E-state index >= 15 is 0 Å². The van der Waals surface area contributed by atoms with Crippen LogP contribution < -0.4 is 11.3 Å². The lowest BCUT2D eigenvalue weighted by atomic mass is 9.95. The number of fused-ring (bicyclic) bond motifs is 3. The molecule has 0 saturated heterocycles. The molecular weight excluding hydrogens is 306 g/mol. The van der Waals surface area contributed by atoms with E-state index in [1.807, 2.05) is 6.20 Å². The van der Waals surface area contributed by atoms with Gasteiger partial charge in [-0.05, 0) is 31.3 Å². The average Bonchev–Trinajstić information content (AvgIpc) is 3.19. The van der Waals surface area contributed by atoms with Gasteiger partial charge in [-0.25, -0.2) is 4.98 Å². The van der Waals surface area contributed by atoms with Crippen LogP contribution in [-0.2, 0) is 6.42 Å². The van der Waals surface area contributed by atoms with Crippen LogP contribution in [0.3, 0.4) is 0 Å². The van der Waals surface area contributed by atoms with Gasteiger partial charge in [-0.2, -0.15) is 0 Å². The number of hydrazine groups is 1. The van der Waals surface area contributed by atoms with E-state index in [-0.39, 0.29) is 0 Å². The van der Waals surface area contributed by atoms with Gasteiger partial charge in [0.15, 0.2) is 0 Å². The Morgan fingerprint density at radius 1 is 1.30 bits per heavy atom. The second kappa shape index (κ2) is 7.38. The molecule has 0 unspecified atom stereocenters. The lowest BCUT2D eigenvalue weighted by Crippen LogP contribution is -2.15. The van der Waals surface area contributed by atoms with Gasteiger partial charge in [0.05, 0.1) is 21.9 Å². The normalized spacial score (nSPS) is 15.8. The summed E-state index contributed by atoms with van der Waals surface area (Å²) >= 11 is 1.80. The van der Waals surface area contributed by atoms with E-state index in [1.165, 1.54) is 48.1 Å². The number of thiophene rings is 1. The van der Waals surface area contributed by atoms with Gasteiger partial charge in [0.1, 0.15) is 11.3 Å². The first kappa shape index (κ1) is 16.4. The fourth-order valence-corrected chi connectivity index (χ4v) is 4.40. The molecule has 4 rings (SSSR count). The minimum absolute atomic E-state index is 0.636. The Morgan fingerprint density at radius 3 is 2.74 bits per heavy atom. The van der Waals surface area contributed by atoms with Crippen molar-refractivity contribution in [2.24, 2.45) is 5.84 Å².